The molecule has 0 aromatic rings. The predicted octanol–water partition coefficient (Wildman–Crippen LogP) is 0.0142. The van der Waals surface area contributed by atoms with E-state index in [1.54, 1.807) is 6.07 Å². The minimum atomic E-state index is -4.55. The fourth-order valence-electron chi connectivity index (χ4n) is 0.872. The highest BCUT2D eigenvalue weighted by atomic mass is 31.2. The van der Waals surface area contributed by atoms with Crippen molar-refractivity contribution < 1.29 is 28.7 Å². The van der Waals surface area contributed by atoms with Crippen molar-refractivity contribution in [3.63, 3.8) is 0 Å². The summed E-state index contributed by atoms with van der Waals surface area (Å²) in [6, 6.07) is 1.66. The molecule has 0 amide bonds. The molecule has 0 aliphatic carbocycles. The molecule has 9 heteroatoms. The van der Waals surface area contributed by atoms with Gasteiger partial charge in [0.15, 0.2) is 0 Å². The third-order valence-electron chi connectivity index (χ3n) is 1.51. The Kier molecular flexibility index (Phi) is 4.96. The van der Waals surface area contributed by atoms with Crippen LogP contribution >= 0.6 is 15.2 Å². The first kappa shape index (κ1) is 13.8. The lowest BCUT2D eigenvalue weighted by molar-refractivity contribution is 0.343. The molecule has 1 unspecified atom stereocenters. The van der Waals surface area contributed by atoms with E-state index < -0.39 is 27.0 Å². The second kappa shape index (κ2) is 5.04. The Hall–Kier alpha value is -0.210. The topological polar surface area (TPSA) is 139 Å². The Morgan fingerprint density at radius 3 is 2.00 bits per heavy atom. The third-order valence-corrected chi connectivity index (χ3v) is 4.11. The molecule has 0 rings (SSSR count). The molecular formula is C5H11NO6P2. The van der Waals surface area contributed by atoms with Gasteiger partial charge in [0.05, 0.1) is 17.9 Å². The van der Waals surface area contributed by atoms with Crippen LogP contribution in [0.25, 0.3) is 0 Å². The molecule has 14 heavy (non-hydrogen) atoms. The molecule has 0 aromatic heterocycles. The molecule has 0 spiro atoms. The van der Waals surface area contributed by atoms with Crippen LogP contribution in [0, 0.1) is 11.3 Å². The van der Waals surface area contributed by atoms with Crippen molar-refractivity contribution in [3.8, 4) is 6.07 Å². The van der Waals surface area contributed by atoms with Gasteiger partial charge in [-0.25, -0.2) is 0 Å². The number of hydrogen-bond donors (Lipinski definition) is 4. The van der Waals surface area contributed by atoms with Crippen LogP contribution < -0.4 is 0 Å². The van der Waals surface area contributed by atoms with Crippen molar-refractivity contribution in [1.29, 1.82) is 5.26 Å². The van der Waals surface area contributed by atoms with Crippen LogP contribution in [0.2, 0.25) is 0 Å². The summed E-state index contributed by atoms with van der Waals surface area (Å²) in [5, 5.41) is 8.18. The molecule has 4 N–H and O–H groups in total. The predicted molar refractivity (Wildman–Crippen MR) is 47.6 cm³/mol. The van der Waals surface area contributed by atoms with Crippen molar-refractivity contribution in [2.75, 3.05) is 6.16 Å². The zero-order valence-corrected chi connectivity index (χ0v) is 8.93. The molecular weight excluding hydrogens is 232 g/mol. The van der Waals surface area contributed by atoms with E-state index in [0.29, 0.717) is 0 Å². The van der Waals surface area contributed by atoms with E-state index in [4.69, 9.17) is 24.8 Å². The summed E-state index contributed by atoms with van der Waals surface area (Å²) in [7, 11) is -9.01. The van der Waals surface area contributed by atoms with Gasteiger partial charge in [-0.05, 0) is 6.42 Å². The SMILES string of the molecule is N#CCCC(CP(=O)(O)O)P(=O)(O)O. The van der Waals surface area contributed by atoms with Crippen molar-refractivity contribution in [1.82, 2.24) is 0 Å². The Morgan fingerprint density at radius 2 is 1.71 bits per heavy atom. The molecule has 0 fully saturated rings. The lowest BCUT2D eigenvalue weighted by Gasteiger charge is -2.17. The van der Waals surface area contributed by atoms with Crippen LogP contribution in [-0.4, -0.2) is 31.4 Å². The quantitative estimate of drug-likeness (QED) is 0.499. The van der Waals surface area contributed by atoms with Crippen LogP contribution in [0.1, 0.15) is 12.8 Å². The minimum absolute atomic E-state index is 0.143. The molecule has 0 radical (unpaired) electrons. The first-order valence-electron chi connectivity index (χ1n) is 3.63. The van der Waals surface area contributed by atoms with Gasteiger partial charge in [-0.3, -0.25) is 9.13 Å². The van der Waals surface area contributed by atoms with Gasteiger partial charge in [-0.2, -0.15) is 5.26 Å². The fraction of sp³-hybridized carbons (Fsp3) is 0.800. The lowest BCUT2D eigenvalue weighted by atomic mass is 10.3. The first-order chi connectivity index (χ1) is 6.17. The highest BCUT2D eigenvalue weighted by Crippen LogP contribution is 2.50. The number of rotatable bonds is 5. The summed E-state index contributed by atoms with van der Waals surface area (Å²) in [5.41, 5.74) is -1.44. The molecule has 0 aliphatic heterocycles. The molecule has 0 aromatic carbocycles. The van der Waals surface area contributed by atoms with Gasteiger partial charge in [-0.15, -0.1) is 0 Å². The fourth-order valence-corrected chi connectivity index (χ4v) is 3.56. The molecule has 1 atom stereocenters. The van der Waals surface area contributed by atoms with E-state index in [9.17, 15) is 9.13 Å². The van der Waals surface area contributed by atoms with Crippen LogP contribution in [0.5, 0.6) is 0 Å². The second-order valence-electron chi connectivity index (χ2n) is 2.79. The average molecular weight is 243 g/mol. The molecule has 7 nitrogen and oxygen atoms in total. The van der Waals surface area contributed by atoms with E-state index in [1.165, 1.54) is 0 Å². The zero-order valence-electron chi connectivity index (χ0n) is 7.15. The number of hydrogen-bond acceptors (Lipinski definition) is 3. The van der Waals surface area contributed by atoms with Gasteiger partial charge < -0.3 is 19.6 Å². The summed E-state index contributed by atoms with van der Waals surface area (Å²) in [6.07, 6.45) is -1.25. The van der Waals surface area contributed by atoms with Crippen LogP contribution in [-0.2, 0) is 9.13 Å². The molecule has 0 saturated carbocycles. The van der Waals surface area contributed by atoms with Crippen LogP contribution in [0.15, 0.2) is 0 Å². The van der Waals surface area contributed by atoms with Gasteiger partial charge in [0.2, 0.25) is 0 Å². The zero-order chi connectivity index (χ0) is 11.4. The smallest absolute Gasteiger partial charge is 0.324 e. The van der Waals surface area contributed by atoms with E-state index in [-0.39, 0.29) is 12.8 Å². The van der Waals surface area contributed by atoms with E-state index in [1.807, 2.05) is 0 Å². The van der Waals surface area contributed by atoms with Gasteiger partial charge in [-0.1, -0.05) is 0 Å². The van der Waals surface area contributed by atoms with Gasteiger partial charge in [0.25, 0.3) is 0 Å². The van der Waals surface area contributed by atoms with Crippen LogP contribution in [0.4, 0.5) is 0 Å². The van der Waals surface area contributed by atoms with Crippen molar-refractivity contribution in [2.45, 2.75) is 18.5 Å². The average Bonchev–Trinajstić information content (AvgIpc) is 1.93. The lowest BCUT2D eigenvalue weighted by Crippen LogP contribution is -2.14. The molecule has 0 saturated heterocycles. The summed E-state index contributed by atoms with van der Waals surface area (Å²) >= 11 is 0. The Bertz CT molecular complexity index is 311. The van der Waals surface area contributed by atoms with Gasteiger partial charge >= 0.3 is 15.2 Å². The van der Waals surface area contributed by atoms with Crippen molar-refractivity contribution in [2.24, 2.45) is 0 Å². The minimum Gasteiger partial charge on any atom is -0.324 e. The maximum atomic E-state index is 10.8. The monoisotopic (exact) mass is 243 g/mol. The largest absolute Gasteiger partial charge is 0.329 e. The first-order valence-corrected chi connectivity index (χ1v) is 7.11. The summed E-state index contributed by atoms with van der Waals surface area (Å²) in [6.45, 7) is 0. The molecule has 0 bridgehead atoms. The van der Waals surface area contributed by atoms with Crippen molar-refractivity contribution in [3.05, 3.63) is 0 Å². The van der Waals surface area contributed by atoms with E-state index in [2.05, 4.69) is 0 Å². The summed E-state index contributed by atoms with van der Waals surface area (Å²) < 4.78 is 21.3. The number of nitriles is 1. The summed E-state index contributed by atoms with van der Waals surface area (Å²) in [5.74, 6) is 0. The molecule has 82 valence electrons. The Morgan fingerprint density at radius 1 is 1.21 bits per heavy atom. The van der Waals surface area contributed by atoms with E-state index in [0.717, 1.165) is 0 Å². The maximum Gasteiger partial charge on any atom is 0.329 e. The molecule has 0 heterocycles. The van der Waals surface area contributed by atoms with E-state index >= 15 is 0 Å². The maximum absolute atomic E-state index is 10.8. The standard InChI is InChI=1S/C5H11NO6P2/c6-3-1-2-5(14(10,11)12)4-13(7,8)9/h5H,1-2,4H2,(H2,7,8,9)(H2,10,11,12). The van der Waals surface area contributed by atoms with Gasteiger partial charge in [0.1, 0.15) is 0 Å². The highest BCUT2D eigenvalue weighted by Gasteiger charge is 2.34. The summed E-state index contributed by atoms with van der Waals surface area (Å²) in [4.78, 5) is 34.5. The normalized spacial score (nSPS) is 14.8. The van der Waals surface area contributed by atoms with Crippen molar-refractivity contribution >= 4 is 15.2 Å². The second-order valence-corrected chi connectivity index (χ2v) is 6.39. The van der Waals surface area contributed by atoms with Crippen LogP contribution in [0.3, 0.4) is 0 Å². The van der Waals surface area contributed by atoms with Gasteiger partial charge in [0, 0.05) is 6.42 Å². The molecule has 0 aliphatic rings. The Labute approximate surface area is 80.7 Å². The Balaban J connectivity index is 4.52. The third kappa shape index (κ3) is 6.28. The number of nitrogens with zero attached hydrogens (tertiary/aromatic N) is 1. The highest BCUT2D eigenvalue weighted by molar-refractivity contribution is 7.56.